The molecule has 0 aliphatic carbocycles. The van der Waals surface area contributed by atoms with Crippen LogP contribution in [0.3, 0.4) is 0 Å². The molecular formula is C30H41F3N6O3. The fraction of sp³-hybridized carbons (Fsp3) is 0.600. The van der Waals surface area contributed by atoms with Gasteiger partial charge in [-0.2, -0.15) is 5.10 Å². The van der Waals surface area contributed by atoms with E-state index in [1.165, 1.54) is 32.3 Å². The summed E-state index contributed by atoms with van der Waals surface area (Å²) in [6.45, 7) is 5.34. The Bertz CT molecular complexity index is 1330. The molecule has 3 fully saturated rings. The Hall–Kier alpha value is -2.77. The lowest BCUT2D eigenvalue weighted by Gasteiger charge is -2.45. The average Bonchev–Trinajstić information content (AvgIpc) is 3.60. The van der Waals surface area contributed by atoms with Crippen molar-refractivity contribution in [1.82, 2.24) is 24.4 Å². The zero-order valence-electron chi connectivity index (χ0n) is 24.2. The van der Waals surface area contributed by atoms with Crippen LogP contribution in [0.25, 0.3) is 5.52 Å². The van der Waals surface area contributed by atoms with E-state index in [9.17, 15) is 13.2 Å². The van der Waals surface area contributed by atoms with E-state index in [2.05, 4.69) is 15.0 Å². The normalized spacial score (nSPS) is 24.3. The van der Waals surface area contributed by atoms with Crippen LogP contribution in [0.4, 0.5) is 19.0 Å². The molecule has 42 heavy (non-hydrogen) atoms. The summed E-state index contributed by atoms with van der Waals surface area (Å²) < 4.78 is 50.8. The third kappa shape index (κ3) is 7.41. The molecule has 1 spiro atoms. The molecule has 0 amide bonds. The minimum Gasteiger partial charge on any atom is -0.382 e. The van der Waals surface area contributed by atoms with Crippen LogP contribution in [0.5, 0.6) is 0 Å². The molecule has 3 aromatic rings. The van der Waals surface area contributed by atoms with Crippen LogP contribution < -0.4 is 5.73 Å². The molecule has 0 saturated carbocycles. The fourth-order valence-electron chi connectivity index (χ4n) is 6.50. The number of likely N-dealkylation sites (tertiary alicyclic amines) is 2. The summed E-state index contributed by atoms with van der Waals surface area (Å²) in [6.07, 6.45) is 5.02. The number of hydrogen-bond acceptors (Lipinski definition) is 8. The van der Waals surface area contributed by atoms with Crippen LogP contribution in [-0.2, 0) is 11.2 Å². The maximum atomic E-state index is 14.8. The van der Waals surface area contributed by atoms with E-state index in [-0.39, 0.29) is 31.0 Å². The van der Waals surface area contributed by atoms with Gasteiger partial charge in [-0.3, -0.25) is 4.90 Å². The molecule has 2 aromatic heterocycles. The zero-order valence-corrected chi connectivity index (χ0v) is 24.2. The standard InChI is InChI=1S/C27H33F3N6O.C3H8O2/c28-20-3-1-19(2-4-20)9-12-34-13-10-26(11-14-34)16-27(29,30)17-35(26)15-21-5-8-24(37-21)22-6-7-23-25(31)32-18-33-36(22)23;1-3(2,4)5/h1-4,6-7,18,21,24H,5,8-17H2,(H2,31,32,33);4-5H,1-2H3/t21-,24+;/m0./s1. The Labute approximate surface area is 244 Å². The number of anilines is 1. The van der Waals surface area contributed by atoms with Crippen LogP contribution in [0, 0.1) is 5.82 Å². The van der Waals surface area contributed by atoms with Gasteiger partial charge in [-0.1, -0.05) is 12.1 Å². The first-order valence-corrected chi connectivity index (χ1v) is 14.6. The van der Waals surface area contributed by atoms with Gasteiger partial charge in [0.15, 0.2) is 11.6 Å². The van der Waals surface area contributed by atoms with Crippen molar-refractivity contribution in [3.8, 4) is 0 Å². The van der Waals surface area contributed by atoms with E-state index >= 15 is 0 Å². The summed E-state index contributed by atoms with van der Waals surface area (Å²) in [4.78, 5) is 8.40. The van der Waals surface area contributed by atoms with Gasteiger partial charge in [-0.05, 0) is 88.9 Å². The number of rotatable bonds is 6. The molecule has 0 unspecified atom stereocenters. The first-order valence-electron chi connectivity index (χ1n) is 14.6. The van der Waals surface area contributed by atoms with Crippen molar-refractivity contribution < 1.29 is 28.1 Å². The SMILES string of the molecule is CC(C)(O)O.Nc1ncnn2c([C@H]3CC[C@@H](CN4CC(F)(F)CC45CCN(CCc4ccc(F)cc4)CC5)O3)ccc12. The summed E-state index contributed by atoms with van der Waals surface area (Å²) in [5, 5.41) is 20.5. The number of aromatic nitrogens is 3. The number of nitrogen functional groups attached to an aromatic ring is 1. The maximum Gasteiger partial charge on any atom is 0.262 e. The second kappa shape index (κ2) is 12.1. The number of alkyl halides is 2. The predicted molar refractivity (Wildman–Crippen MR) is 152 cm³/mol. The van der Waals surface area contributed by atoms with E-state index in [4.69, 9.17) is 20.7 Å². The lowest BCUT2D eigenvalue weighted by Crippen LogP contribution is -2.53. The summed E-state index contributed by atoms with van der Waals surface area (Å²) in [7, 11) is 0. The monoisotopic (exact) mass is 590 g/mol. The highest BCUT2D eigenvalue weighted by Gasteiger charge is 2.55. The van der Waals surface area contributed by atoms with Gasteiger partial charge in [0.1, 0.15) is 23.8 Å². The van der Waals surface area contributed by atoms with Crippen molar-refractivity contribution in [3.63, 3.8) is 0 Å². The highest BCUT2D eigenvalue weighted by molar-refractivity contribution is 5.65. The molecule has 230 valence electrons. The molecular weight excluding hydrogens is 549 g/mol. The molecule has 3 aliphatic heterocycles. The molecule has 2 atom stereocenters. The number of benzene rings is 1. The van der Waals surface area contributed by atoms with E-state index < -0.39 is 17.2 Å². The summed E-state index contributed by atoms with van der Waals surface area (Å²) in [6, 6.07) is 10.4. The molecule has 12 heteroatoms. The van der Waals surface area contributed by atoms with Crippen LogP contribution >= 0.6 is 0 Å². The van der Waals surface area contributed by atoms with Gasteiger partial charge in [0.05, 0.1) is 18.3 Å². The highest BCUT2D eigenvalue weighted by Crippen LogP contribution is 2.46. The third-order valence-corrected chi connectivity index (χ3v) is 8.47. The molecule has 9 nitrogen and oxygen atoms in total. The molecule has 6 rings (SSSR count). The molecule has 4 N–H and O–H groups in total. The van der Waals surface area contributed by atoms with E-state index in [0.717, 1.165) is 68.5 Å². The topological polar surface area (TPSA) is 112 Å². The molecule has 0 bridgehead atoms. The number of ether oxygens (including phenoxy) is 1. The average molecular weight is 591 g/mol. The van der Waals surface area contributed by atoms with Gasteiger partial charge in [-0.25, -0.2) is 22.7 Å². The Balaban J connectivity index is 0.000000652. The molecule has 5 heterocycles. The number of fused-ring (bicyclic) bond motifs is 1. The Morgan fingerprint density at radius 1 is 1.07 bits per heavy atom. The van der Waals surface area contributed by atoms with Gasteiger partial charge < -0.3 is 25.6 Å². The maximum absolute atomic E-state index is 14.8. The third-order valence-electron chi connectivity index (χ3n) is 8.47. The van der Waals surface area contributed by atoms with E-state index in [0.29, 0.717) is 12.4 Å². The summed E-state index contributed by atoms with van der Waals surface area (Å²) in [5.74, 6) is -3.99. The summed E-state index contributed by atoms with van der Waals surface area (Å²) in [5.41, 5.74) is 8.23. The fourth-order valence-corrected chi connectivity index (χ4v) is 6.50. The van der Waals surface area contributed by atoms with E-state index in [1.54, 1.807) is 4.52 Å². The van der Waals surface area contributed by atoms with Gasteiger partial charge in [0, 0.05) is 25.0 Å². The van der Waals surface area contributed by atoms with Crippen molar-refractivity contribution in [2.24, 2.45) is 0 Å². The number of hydrogen-bond donors (Lipinski definition) is 3. The minimum absolute atomic E-state index is 0.0819. The Morgan fingerprint density at radius 2 is 1.76 bits per heavy atom. The van der Waals surface area contributed by atoms with Crippen molar-refractivity contribution in [3.05, 3.63) is 59.8 Å². The lowest BCUT2D eigenvalue weighted by atomic mass is 9.84. The van der Waals surface area contributed by atoms with E-state index in [1.807, 2.05) is 29.2 Å². The van der Waals surface area contributed by atoms with Crippen molar-refractivity contribution in [1.29, 1.82) is 0 Å². The van der Waals surface area contributed by atoms with Crippen molar-refractivity contribution >= 4 is 11.3 Å². The second-order valence-corrected chi connectivity index (χ2v) is 12.4. The first-order chi connectivity index (χ1) is 19.8. The number of nitrogens with two attached hydrogens (primary N) is 1. The zero-order chi connectivity index (χ0) is 30.1. The van der Waals surface area contributed by atoms with Crippen LogP contribution in [0.1, 0.15) is 63.3 Å². The van der Waals surface area contributed by atoms with Gasteiger partial charge in [-0.15, -0.1) is 0 Å². The van der Waals surface area contributed by atoms with Gasteiger partial charge in [0.25, 0.3) is 5.92 Å². The van der Waals surface area contributed by atoms with Crippen LogP contribution in [0.2, 0.25) is 0 Å². The van der Waals surface area contributed by atoms with Crippen LogP contribution in [-0.4, -0.2) is 90.7 Å². The summed E-state index contributed by atoms with van der Waals surface area (Å²) >= 11 is 0. The molecule has 0 radical (unpaired) electrons. The number of aliphatic hydroxyl groups is 2. The Morgan fingerprint density at radius 3 is 2.45 bits per heavy atom. The predicted octanol–water partition coefficient (Wildman–Crippen LogP) is 3.80. The molecule has 3 aliphatic rings. The number of piperidine rings is 1. The first kappa shape index (κ1) is 30.7. The molecule has 3 saturated heterocycles. The van der Waals surface area contributed by atoms with Crippen molar-refractivity contribution in [2.45, 2.75) is 81.8 Å². The second-order valence-electron chi connectivity index (χ2n) is 12.4. The van der Waals surface area contributed by atoms with Gasteiger partial charge >= 0.3 is 0 Å². The smallest absolute Gasteiger partial charge is 0.262 e. The van der Waals surface area contributed by atoms with Gasteiger partial charge in [0.2, 0.25) is 0 Å². The minimum atomic E-state index is -2.68. The highest BCUT2D eigenvalue weighted by atomic mass is 19.3. The van der Waals surface area contributed by atoms with Crippen molar-refractivity contribution in [2.75, 3.05) is 38.5 Å². The largest absolute Gasteiger partial charge is 0.382 e. The lowest BCUT2D eigenvalue weighted by molar-refractivity contribution is -0.127. The molecule has 1 aromatic carbocycles. The number of nitrogens with zero attached hydrogens (tertiary/aromatic N) is 5. The number of halogens is 3. The quantitative estimate of drug-likeness (QED) is 0.372. The van der Waals surface area contributed by atoms with Crippen LogP contribution in [0.15, 0.2) is 42.7 Å². The Kier molecular flexibility index (Phi) is 8.82.